The molecule has 1 fully saturated rings. The van der Waals surface area contributed by atoms with Crippen LogP contribution in [0, 0.1) is 11.6 Å². The number of nitrogens with zero attached hydrogens (tertiary/aromatic N) is 4. The number of aromatic nitrogens is 3. The van der Waals surface area contributed by atoms with Crippen LogP contribution in [0.15, 0.2) is 55.0 Å². The van der Waals surface area contributed by atoms with Crippen molar-refractivity contribution < 1.29 is 23.0 Å². The van der Waals surface area contributed by atoms with Gasteiger partial charge >= 0.3 is 6.09 Å². The lowest BCUT2D eigenvalue weighted by Gasteiger charge is -2.33. The minimum atomic E-state index is -0.623. The van der Waals surface area contributed by atoms with Gasteiger partial charge in [-0.3, -0.25) is 8.96 Å². The predicted octanol–water partition coefficient (Wildman–Crippen LogP) is 8.69. The Kier molecular flexibility index (Phi) is 10.1. The number of rotatable bonds is 5. The average molecular weight is 695 g/mol. The van der Waals surface area contributed by atoms with Gasteiger partial charge in [-0.1, -0.05) is 26.0 Å². The van der Waals surface area contributed by atoms with Gasteiger partial charge < -0.3 is 14.4 Å². The highest BCUT2D eigenvalue weighted by Gasteiger charge is 2.29. The molecule has 0 saturated carbocycles. The number of carbonyl (C=O) groups excluding carboxylic acids is 1. The maximum Gasteiger partial charge on any atom is 0.410 e. The second-order valence-corrected chi connectivity index (χ2v) is 12.0. The van der Waals surface area contributed by atoms with E-state index in [1.54, 1.807) is 29.4 Å². The van der Waals surface area contributed by atoms with Crippen molar-refractivity contribution in [1.29, 1.82) is 0 Å². The minimum Gasteiger partial charge on any atom is -0.471 e. The van der Waals surface area contributed by atoms with Crippen molar-refractivity contribution in [1.82, 2.24) is 18.8 Å². The van der Waals surface area contributed by atoms with Crippen molar-refractivity contribution in [3.8, 4) is 28.3 Å². The highest BCUT2D eigenvalue weighted by Crippen LogP contribution is 2.37. The number of benzene rings is 2. The van der Waals surface area contributed by atoms with Crippen LogP contribution in [0.25, 0.3) is 33.3 Å². The summed E-state index contributed by atoms with van der Waals surface area (Å²) >= 11 is 2.18. The van der Waals surface area contributed by atoms with Gasteiger partial charge in [-0.15, -0.1) is 0 Å². The number of carbonyl (C=O) groups is 1. The molecule has 41 heavy (non-hydrogen) atoms. The van der Waals surface area contributed by atoms with E-state index in [1.165, 1.54) is 27.3 Å². The van der Waals surface area contributed by atoms with Crippen molar-refractivity contribution >= 4 is 47.3 Å². The lowest BCUT2D eigenvalue weighted by molar-refractivity contribution is 0.00719. The summed E-state index contributed by atoms with van der Waals surface area (Å²) in [5, 5.41) is 0.777. The quantitative estimate of drug-likeness (QED) is 0.195. The first kappa shape index (κ1) is 31.0. The Bertz CT molecular complexity index is 1510. The van der Waals surface area contributed by atoms with E-state index in [0.717, 1.165) is 29.3 Å². The van der Waals surface area contributed by atoms with Crippen LogP contribution in [0.5, 0.6) is 5.88 Å². The maximum absolute atomic E-state index is 14.5. The number of amides is 1. The lowest BCUT2D eigenvalue weighted by atomic mass is 10.0. The zero-order chi connectivity index (χ0) is 29.7. The van der Waals surface area contributed by atoms with Gasteiger partial charge in [-0.05, 0) is 63.4 Å². The average Bonchev–Trinajstić information content (AvgIpc) is 3.32. The third kappa shape index (κ3) is 7.29. The summed E-state index contributed by atoms with van der Waals surface area (Å²) in [6.45, 7) is 10.5. The van der Waals surface area contributed by atoms with Crippen molar-refractivity contribution in [3.05, 3.63) is 66.6 Å². The molecule has 2 aromatic carbocycles. The summed E-state index contributed by atoms with van der Waals surface area (Å²) < 4.78 is 42.7. The van der Waals surface area contributed by atoms with Crippen LogP contribution >= 0.6 is 30.3 Å². The number of fused-ring (bicyclic) bond motifs is 1. The van der Waals surface area contributed by atoms with Gasteiger partial charge in [0.25, 0.3) is 0 Å². The summed E-state index contributed by atoms with van der Waals surface area (Å²) in [5.41, 5.74) is 1.98. The molecule has 218 valence electrons. The van der Waals surface area contributed by atoms with Crippen LogP contribution in [0.4, 0.5) is 13.6 Å². The molecule has 1 saturated heterocycles. The van der Waals surface area contributed by atoms with Gasteiger partial charge in [-0.2, -0.15) is 0 Å². The van der Waals surface area contributed by atoms with E-state index in [0.29, 0.717) is 30.2 Å². The van der Waals surface area contributed by atoms with Crippen LogP contribution in [-0.2, 0) is 4.74 Å². The Morgan fingerprint density at radius 3 is 2.54 bits per heavy atom. The second-order valence-electron chi connectivity index (χ2n) is 10.3. The predicted molar refractivity (Wildman–Crippen MR) is 168 cm³/mol. The Balaban J connectivity index is 0.00000189. The minimum absolute atomic E-state index is 0.0739. The number of hydrogen-bond donors (Lipinski definition) is 0. The first-order valence-electron chi connectivity index (χ1n) is 13.5. The lowest BCUT2D eigenvalue weighted by Crippen LogP contribution is -2.46. The largest absolute Gasteiger partial charge is 0.471 e. The van der Waals surface area contributed by atoms with Crippen molar-refractivity contribution in [3.63, 3.8) is 0 Å². The third-order valence-corrected chi connectivity index (χ3v) is 8.03. The zero-order valence-electron chi connectivity index (χ0n) is 23.7. The van der Waals surface area contributed by atoms with Gasteiger partial charge in [0.15, 0.2) is 0 Å². The first-order chi connectivity index (χ1) is 19.6. The van der Waals surface area contributed by atoms with E-state index in [1.807, 2.05) is 50.9 Å². The normalized spacial score (nSPS) is 15.3. The fraction of sp³-hybridized carbons (Fsp3) is 0.367. The standard InChI is InChI=1S/C28H27F2IN4O3S.C2H6/c1-28(2,3)38-27(36)34-11-5-6-18(15-34)37-25-14-32-13-23(33-25)20-16-35(39-31)24-10-9-17(12-19(20)24)26-21(29)7-4-8-22(26)30;1-2/h4,7-10,12-14,16,18H,5-6,11,15H2,1-3H3;1-2H3. The van der Waals surface area contributed by atoms with E-state index in [9.17, 15) is 13.6 Å². The Morgan fingerprint density at radius 2 is 1.85 bits per heavy atom. The maximum atomic E-state index is 14.5. The van der Waals surface area contributed by atoms with E-state index < -0.39 is 17.2 Å². The van der Waals surface area contributed by atoms with Crippen LogP contribution in [0.2, 0.25) is 0 Å². The number of piperidine rings is 1. The molecule has 4 aromatic rings. The molecule has 0 N–H and O–H groups in total. The second kappa shape index (κ2) is 13.4. The van der Waals surface area contributed by atoms with Gasteiger partial charge in [0, 0.05) is 54.0 Å². The smallest absolute Gasteiger partial charge is 0.410 e. The molecule has 3 heterocycles. The van der Waals surface area contributed by atoms with Gasteiger partial charge in [0.05, 0.1) is 35.7 Å². The van der Waals surface area contributed by atoms with E-state index >= 15 is 0 Å². The molecule has 11 heteroatoms. The molecule has 0 radical (unpaired) electrons. The third-order valence-electron chi connectivity index (χ3n) is 6.30. The summed E-state index contributed by atoms with van der Waals surface area (Å²) in [4.78, 5) is 23.3. The van der Waals surface area contributed by atoms with E-state index in [-0.39, 0.29) is 17.8 Å². The molecular weight excluding hydrogens is 661 g/mol. The molecule has 0 bridgehead atoms. The molecule has 1 amide bonds. The Hall–Kier alpha value is -2.93. The van der Waals surface area contributed by atoms with E-state index in [2.05, 4.69) is 26.2 Å². The Morgan fingerprint density at radius 1 is 1.12 bits per heavy atom. The van der Waals surface area contributed by atoms with Crippen LogP contribution in [0.1, 0.15) is 47.5 Å². The van der Waals surface area contributed by atoms with Crippen molar-refractivity contribution in [2.24, 2.45) is 0 Å². The van der Waals surface area contributed by atoms with Crippen LogP contribution in [0.3, 0.4) is 0 Å². The Labute approximate surface area is 255 Å². The number of likely N-dealkylation sites (tertiary alicyclic amines) is 1. The monoisotopic (exact) mass is 694 g/mol. The molecule has 1 atom stereocenters. The molecule has 7 nitrogen and oxygen atoms in total. The number of ether oxygens (including phenoxy) is 2. The highest BCUT2D eigenvalue weighted by molar-refractivity contribution is 14.2. The fourth-order valence-electron chi connectivity index (χ4n) is 4.62. The molecule has 5 rings (SSSR count). The van der Waals surface area contributed by atoms with Crippen molar-refractivity contribution in [2.45, 2.75) is 59.2 Å². The summed E-state index contributed by atoms with van der Waals surface area (Å²) in [7, 11) is 1.47. The van der Waals surface area contributed by atoms with Crippen LogP contribution in [-0.4, -0.2) is 49.7 Å². The first-order valence-corrected chi connectivity index (χ1v) is 16.8. The molecule has 1 aliphatic heterocycles. The molecule has 1 unspecified atom stereocenters. The summed E-state index contributed by atoms with van der Waals surface area (Å²) in [5.74, 6) is -0.911. The van der Waals surface area contributed by atoms with Crippen molar-refractivity contribution in [2.75, 3.05) is 13.1 Å². The number of halogens is 3. The highest BCUT2D eigenvalue weighted by atomic mass is 127. The van der Waals surface area contributed by atoms with Gasteiger partial charge in [0.2, 0.25) is 5.88 Å². The molecule has 0 spiro atoms. The van der Waals surface area contributed by atoms with Crippen LogP contribution < -0.4 is 4.74 Å². The van der Waals surface area contributed by atoms with Gasteiger partial charge in [0.1, 0.15) is 23.3 Å². The SMILES string of the molecule is CC.CC(C)(C)OC(=O)N1CCCC(Oc2cncc(-c3cn(SI)c4ccc(-c5c(F)cccc5F)cc34)n2)C1. The zero-order valence-corrected chi connectivity index (χ0v) is 26.6. The van der Waals surface area contributed by atoms with E-state index in [4.69, 9.17) is 14.5 Å². The summed E-state index contributed by atoms with van der Waals surface area (Å²) in [6, 6.07) is 9.16. The topological polar surface area (TPSA) is 69.5 Å². The summed E-state index contributed by atoms with van der Waals surface area (Å²) in [6.07, 6.45) is 6.04. The van der Waals surface area contributed by atoms with Gasteiger partial charge in [-0.25, -0.2) is 18.6 Å². The molecule has 0 aliphatic carbocycles. The molecule has 1 aliphatic rings. The molecular formula is C30H33F2IN4O3S. The fourth-order valence-corrected chi connectivity index (χ4v) is 5.98. The number of hydrogen-bond acceptors (Lipinski definition) is 6. The molecule has 2 aromatic heterocycles.